The fourth-order valence-electron chi connectivity index (χ4n) is 1.40. The lowest BCUT2D eigenvalue weighted by molar-refractivity contribution is 0.614. The number of rotatable bonds is 3. The van der Waals surface area contributed by atoms with Gasteiger partial charge in [0.15, 0.2) is 0 Å². The Morgan fingerprint density at radius 1 is 1.47 bits per heavy atom. The molecule has 0 bridgehead atoms. The Kier molecular flexibility index (Phi) is 3.64. The minimum atomic E-state index is -0.435. The van der Waals surface area contributed by atoms with E-state index >= 15 is 0 Å². The fraction of sp³-hybridized carbons (Fsp3) is 0.273. The second-order valence-corrected chi connectivity index (χ2v) is 4.77. The lowest BCUT2D eigenvalue weighted by Crippen LogP contribution is -2.00. The van der Waals surface area contributed by atoms with Crippen LogP contribution >= 0.6 is 23.2 Å². The molecule has 0 radical (unpaired) electrons. The first-order chi connectivity index (χ1) is 8.06. The summed E-state index contributed by atoms with van der Waals surface area (Å²) in [5.74, 6) is -0.435. The van der Waals surface area contributed by atoms with E-state index in [0.29, 0.717) is 12.2 Å². The van der Waals surface area contributed by atoms with Crippen LogP contribution in [0.1, 0.15) is 23.6 Å². The van der Waals surface area contributed by atoms with Crippen LogP contribution in [0.4, 0.5) is 4.39 Å². The van der Waals surface area contributed by atoms with E-state index < -0.39 is 5.82 Å². The summed E-state index contributed by atoms with van der Waals surface area (Å²) in [6.07, 6.45) is 1.74. The first kappa shape index (κ1) is 12.3. The van der Waals surface area contributed by atoms with E-state index in [9.17, 15) is 4.39 Å². The van der Waals surface area contributed by atoms with Gasteiger partial charge in [-0.2, -0.15) is 0 Å². The van der Waals surface area contributed by atoms with Crippen molar-refractivity contribution in [1.82, 2.24) is 15.0 Å². The molecule has 0 saturated heterocycles. The van der Waals surface area contributed by atoms with Gasteiger partial charge in [0.25, 0.3) is 0 Å². The molecule has 1 atom stereocenters. The number of alkyl halides is 1. The topological polar surface area (TPSA) is 30.7 Å². The lowest BCUT2D eigenvalue weighted by atomic mass is 10.2. The maximum atomic E-state index is 13.2. The normalized spacial score (nSPS) is 12.7. The molecule has 2 aromatic rings. The van der Waals surface area contributed by atoms with Crippen molar-refractivity contribution in [2.24, 2.45) is 0 Å². The maximum absolute atomic E-state index is 13.2. The van der Waals surface area contributed by atoms with Crippen LogP contribution in [-0.4, -0.2) is 15.0 Å². The average molecular weight is 274 g/mol. The van der Waals surface area contributed by atoms with Gasteiger partial charge < -0.3 is 0 Å². The Balaban J connectivity index is 2.16. The van der Waals surface area contributed by atoms with E-state index in [2.05, 4.69) is 10.3 Å². The third-order valence-electron chi connectivity index (χ3n) is 2.29. The van der Waals surface area contributed by atoms with E-state index in [0.717, 1.165) is 5.56 Å². The molecule has 0 aliphatic carbocycles. The van der Waals surface area contributed by atoms with E-state index in [1.807, 2.05) is 6.92 Å². The predicted octanol–water partition coefficient (Wildman–Crippen LogP) is 3.42. The van der Waals surface area contributed by atoms with Crippen LogP contribution in [0.2, 0.25) is 5.02 Å². The van der Waals surface area contributed by atoms with E-state index in [1.165, 1.54) is 12.1 Å². The van der Waals surface area contributed by atoms with E-state index in [-0.39, 0.29) is 10.4 Å². The molecule has 90 valence electrons. The summed E-state index contributed by atoms with van der Waals surface area (Å²) < 4.78 is 14.8. The first-order valence-electron chi connectivity index (χ1n) is 5.04. The zero-order valence-corrected chi connectivity index (χ0v) is 10.6. The molecule has 0 fully saturated rings. The molecule has 1 unspecified atom stereocenters. The molecule has 6 heteroatoms. The molecule has 17 heavy (non-hydrogen) atoms. The van der Waals surface area contributed by atoms with Crippen molar-refractivity contribution in [1.29, 1.82) is 0 Å². The van der Waals surface area contributed by atoms with Crippen LogP contribution in [0.3, 0.4) is 0 Å². The van der Waals surface area contributed by atoms with Crippen molar-refractivity contribution < 1.29 is 4.39 Å². The summed E-state index contributed by atoms with van der Waals surface area (Å²) in [7, 11) is 0. The maximum Gasteiger partial charge on any atom is 0.142 e. The highest BCUT2D eigenvalue weighted by Crippen LogP contribution is 2.18. The zero-order chi connectivity index (χ0) is 12.4. The fourth-order valence-corrected chi connectivity index (χ4v) is 1.62. The van der Waals surface area contributed by atoms with Gasteiger partial charge in [-0.25, -0.2) is 9.07 Å². The van der Waals surface area contributed by atoms with Gasteiger partial charge in [0.05, 0.1) is 23.1 Å². The van der Waals surface area contributed by atoms with Gasteiger partial charge in [-0.3, -0.25) is 0 Å². The molecule has 2 rings (SSSR count). The van der Waals surface area contributed by atoms with Crippen molar-refractivity contribution in [3.8, 4) is 0 Å². The first-order valence-corrected chi connectivity index (χ1v) is 5.85. The van der Waals surface area contributed by atoms with Crippen LogP contribution in [0.25, 0.3) is 0 Å². The molecule has 0 spiro atoms. The van der Waals surface area contributed by atoms with Gasteiger partial charge in [0.2, 0.25) is 0 Å². The lowest BCUT2D eigenvalue weighted by Gasteiger charge is -2.02. The molecular weight excluding hydrogens is 264 g/mol. The summed E-state index contributed by atoms with van der Waals surface area (Å²) in [6.45, 7) is 2.25. The Bertz CT molecular complexity index is 525. The van der Waals surface area contributed by atoms with Crippen molar-refractivity contribution in [2.75, 3.05) is 0 Å². The van der Waals surface area contributed by atoms with Gasteiger partial charge in [0.1, 0.15) is 11.5 Å². The van der Waals surface area contributed by atoms with Crippen LogP contribution in [0.15, 0.2) is 24.4 Å². The quantitative estimate of drug-likeness (QED) is 0.803. The van der Waals surface area contributed by atoms with Crippen molar-refractivity contribution in [3.63, 3.8) is 0 Å². The highest BCUT2D eigenvalue weighted by Gasteiger charge is 2.07. The van der Waals surface area contributed by atoms with Crippen LogP contribution < -0.4 is 0 Å². The van der Waals surface area contributed by atoms with Gasteiger partial charge in [-0.05, 0) is 24.6 Å². The van der Waals surface area contributed by atoms with Gasteiger partial charge in [-0.15, -0.1) is 16.7 Å². The highest BCUT2D eigenvalue weighted by atomic mass is 35.5. The summed E-state index contributed by atoms with van der Waals surface area (Å²) in [5, 5.41) is 7.75. The summed E-state index contributed by atoms with van der Waals surface area (Å²) >= 11 is 11.5. The minimum absolute atomic E-state index is 0.113. The second kappa shape index (κ2) is 5.02. The van der Waals surface area contributed by atoms with E-state index in [1.54, 1.807) is 16.9 Å². The Labute approximate surface area is 108 Å². The molecule has 1 aromatic heterocycles. The van der Waals surface area contributed by atoms with Crippen LogP contribution in [-0.2, 0) is 6.54 Å². The molecule has 0 amide bonds. The van der Waals surface area contributed by atoms with Crippen LogP contribution in [0.5, 0.6) is 0 Å². The van der Waals surface area contributed by atoms with Crippen molar-refractivity contribution in [2.45, 2.75) is 18.8 Å². The molecule has 0 N–H and O–H groups in total. The molecule has 3 nitrogen and oxygen atoms in total. The number of halogens is 3. The van der Waals surface area contributed by atoms with Crippen molar-refractivity contribution >= 4 is 23.2 Å². The zero-order valence-electron chi connectivity index (χ0n) is 9.07. The summed E-state index contributed by atoms with van der Waals surface area (Å²) in [5.41, 5.74) is 1.46. The van der Waals surface area contributed by atoms with Crippen LogP contribution in [0, 0.1) is 5.82 Å². The number of aromatic nitrogens is 3. The third-order valence-corrected chi connectivity index (χ3v) is 2.82. The Hall–Kier alpha value is -1.13. The monoisotopic (exact) mass is 273 g/mol. The SMILES string of the molecule is CC(Cl)c1cn(Cc2ccc(Cl)c(F)c2)nn1. The van der Waals surface area contributed by atoms with E-state index in [4.69, 9.17) is 23.2 Å². The summed E-state index contributed by atoms with van der Waals surface area (Å²) in [6, 6.07) is 4.65. The van der Waals surface area contributed by atoms with Gasteiger partial charge in [0, 0.05) is 0 Å². The number of nitrogens with zero attached hydrogens (tertiary/aromatic N) is 3. The molecule has 1 aromatic carbocycles. The minimum Gasteiger partial charge on any atom is -0.248 e. The third kappa shape index (κ3) is 2.96. The second-order valence-electron chi connectivity index (χ2n) is 3.71. The standard InChI is InChI=1S/C11H10Cl2FN3/c1-7(12)11-6-17(16-15-11)5-8-2-3-9(13)10(14)4-8/h2-4,6-7H,5H2,1H3. The number of hydrogen-bond acceptors (Lipinski definition) is 2. The molecular formula is C11H10Cl2FN3. The number of benzene rings is 1. The molecule has 0 aliphatic rings. The largest absolute Gasteiger partial charge is 0.248 e. The van der Waals surface area contributed by atoms with Crippen molar-refractivity contribution in [3.05, 3.63) is 46.5 Å². The summed E-state index contributed by atoms with van der Waals surface area (Å²) in [4.78, 5) is 0. The Morgan fingerprint density at radius 3 is 2.82 bits per heavy atom. The average Bonchev–Trinajstić information content (AvgIpc) is 2.72. The van der Waals surface area contributed by atoms with Gasteiger partial charge in [-0.1, -0.05) is 22.9 Å². The predicted molar refractivity (Wildman–Crippen MR) is 64.8 cm³/mol. The Morgan fingerprint density at radius 2 is 2.24 bits per heavy atom. The highest BCUT2D eigenvalue weighted by molar-refractivity contribution is 6.30. The molecule has 1 heterocycles. The molecule has 0 aliphatic heterocycles. The smallest absolute Gasteiger partial charge is 0.142 e. The number of hydrogen-bond donors (Lipinski definition) is 0. The molecule has 0 saturated carbocycles. The van der Waals surface area contributed by atoms with Gasteiger partial charge >= 0.3 is 0 Å².